The summed E-state index contributed by atoms with van der Waals surface area (Å²) < 4.78 is 56.7. The van der Waals surface area contributed by atoms with Crippen LogP contribution in [-0.2, 0) is 26.6 Å². The molecule has 59 heavy (non-hydrogen) atoms. The van der Waals surface area contributed by atoms with Crippen LogP contribution in [0.5, 0.6) is 0 Å². The number of aliphatic imine (C=N–C) groups is 2. The van der Waals surface area contributed by atoms with Crippen molar-refractivity contribution in [1.82, 2.24) is 24.4 Å². The van der Waals surface area contributed by atoms with Gasteiger partial charge in [-0.3, -0.25) is 14.9 Å². The van der Waals surface area contributed by atoms with E-state index < -0.39 is 20.0 Å². The van der Waals surface area contributed by atoms with Crippen LogP contribution in [0.4, 0.5) is 11.4 Å². The van der Waals surface area contributed by atoms with E-state index >= 15 is 0 Å². The highest BCUT2D eigenvalue weighted by atomic mass is 32.2. The monoisotopic (exact) mass is 845 g/mol. The Balaban J connectivity index is 0.000000204. The molecule has 0 atom stereocenters. The third-order valence-electron chi connectivity index (χ3n) is 11.3. The lowest BCUT2D eigenvalue weighted by Crippen LogP contribution is -2.46. The van der Waals surface area contributed by atoms with Crippen molar-refractivity contribution in [3.8, 4) is 0 Å². The first-order valence-corrected chi connectivity index (χ1v) is 23.5. The third-order valence-corrected chi connectivity index (χ3v) is 14.0. The maximum absolute atomic E-state index is 13.0. The number of hydrogen-bond donors (Lipinski definition) is 4. The minimum atomic E-state index is -3.76. The van der Waals surface area contributed by atoms with Crippen LogP contribution in [0.2, 0.25) is 0 Å². The van der Waals surface area contributed by atoms with E-state index in [-0.39, 0.29) is 26.6 Å². The van der Waals surface area contributed by atoms with Crippen molar-refractivity contribution < 1.29 is 16.8 Å². The second-order valence-corrected chi connectivity index (χ2v) is 18.9. The number of anilines is 2. The quantitative estimate of drug-likeness (QED) is 0.150. The highest BCUT2D eigenvalue weighted by Crippen LogP contribution is 2.38. The molecule has 0 radical (unpaired) electrons. The molecule has 2 spiro atoms. The fourth-order valence-corrected chi connectivity index (χ4v) is 9.87. The van der Waals surface area contributed by atoms with E-state index in [2.05, 4.69) is 69.4 Å². The van der Waals surface area contributed by atoms with Gasteiger partial charge < -0.3 is 10.6 Å². The van der Waals surface area contributed by atoms with Crippen molar-refractivity contribution in [2.75, 3.05) is 64.0 Å². The molecule has 4 aliphatic rings. The van der Waals surface area contributed by atoms with Crippen LogP contribution in [0.25, 0.3) is 0 Å². The number of benzene rings is 3. The van der Waals surface area contributed by atoms with Gasteiger partial charge in [-0.15, -0.1) is 0 Å². The van der Waals surface area contributed by atoms with Crippen molar-refractivity contribution in [2.24, 2.45) is 31.0 Å². The normalized spacial score (nSPS) is 19.1. The molecule has 3 heterocycles. The molecule has 1 saturated heterocycles. The first-order chi connectivity index (χ1) is 28.4. The minimum Gasteiger partial charge on any atom is -0.388 e. The zero-order valence-electron chi connectivity index (χ0n) is 34.6. The maximum Gasteiger partial charge on any atom is 0.264 e. The van der Waals surface area contributed by atoms with Crippen LogP contribution in [-0.4, -0.2) is 109 Å². The number of nitrogens with one attached hydrogen (secondary N) is 4. The molecule has 7 rings (SSSR count). The van der Waals surface area contributed by atoms with Gasteiger partial charge in [-0.05, 0) is 107 Å². The van der Waals surface area contributed by atoms with Crippen molar-refractivity contribution in [1.29, 1.82) is 0 Å². The number of hydrogen-bond acceptors (Lipinski definition) is 11. The average molecular weight is 846 g/mol. The predicted molar refractivity (Wildman–Crippen MR) is 238 cm³/mol. The zero-order chi connectivity index (χ0) is 41.9. The van der Waals surface area contributed by atoms with Gasteiger partial charge in [0.2, 0.25) is 11.9 Å². The molecule has 0 aromatic heterocycles. The van der Waals surface area contributed by atoms with E-state index in [0.717, 1.165) is 56.7 Å². The molecule has 1 aliphatic carbocycles. The Kier molecular flexibility index (Phi) is 14.3. The Bertz CT molecular complexity index is 2180. The highest BCUT2D eigenvalue weighted by molar-refractivity contribution is 7.90. The molecule has 4 N–H and O–H groups in total. The maximum atomic E-state index is 13.0. The molecule has 0 unspecified atom stereocenters. The van der Waals surface area contributed by atoms with Crippen LogP contribution in [0, 0.1) is 10.8 Å². The summed E-state index contributed by atoms with van der Waals surface area (Å²) in [5, 5.41) is 18.4. The number of sulfonamides is 2. The van der Waals surface area contributed by atoms with Gasteiger partial charge in [-0.2, -0.15) is 10.2 Å². The highest BCUT2D eigenvalue weighted by Gasteiger charge is 2.41. The number of hydrazone groups is 2. The summed E-state index contributed by atoms with van der Waals surface area (Å²) in [7, 11) is -3.89. The summed E-state index contributed by atoms with van der Waals surface area (Å²) in [6, 6.07) is 23.8. The van der Waals surface area contributed by atoms with E-state index in [0.29, 0.717) is 32.1 Å². The molecular formula is C42H59N11O4S2. The second kappa shape index (κ2) is 19.4. The number of likely N-dealkylation sites (tertiary alicyclic amines) is 1. The molecule has 17 heteroatoms. The van der Waals surface area contributed by atoms with Gasteiger partial charge in [0.05, 0.1) is 22.9 Å². The van der Waals surface area contributed by atoms with E-state index in [1.54, 1.807) is 72.6 Å². The first kappa shape index (κ1) is 43.6. The van der Waals surface area contributed by atoms with E-state index in [1.165, 1.54) is 24.8 Å². The Morgan fingerprint density at radius 2 is 1.07 bits per heavy atom. The zero-order valence-corrected chi connectivity index (χ0v) is 36.3. The summed E-state index contributed by atoms with van der Waals surface area (Å²) in [6.45, 7) is 8.94. The Hall–Kier alpha value is -5.00. The topological polar surface area (TPSA) is 176 Å². The van der Waals surface area contributed by atoms with Crippen molar-refractivity contribution in [3.63, 3.8) is 0 Å². The summed E-state index contributed by atoms with van der Waals surface area (Å²) in [5.41, 5.74) is 3.04. The van der Waals surface area contributed by atoms with Gasteiger partial charge in [0.1, 0.15) is 0 Å². The Labute approximate surface area is 350 Å². The number of guanidine groups is 2. The predicted octanol–water partition coefficient (Wildman–Crippen LogP) is 5.60. The molecule has 318 valence electrons. The molecule has 3 aromatic rings. The fourth-order valence-electron chi connectivity index (χ4n) is 7.82. The molecule has 1 saturated carbocycles. The van der Waals surface area contributed by atoms with Gasteiger partial charge in [0.25, 0.3) is 20.0 Å². The van der Waals surface area contributed by atoms with Gasteiger partial charge in [-0.25, -0.2) is 36.3 Å². The molecular weight excluding hydrogens is 787 g/mol. The van der Waals surface area contributed by atoms with E-state index in [9.17, 15) is 16.8 Å². The number of rotatable bonds is 10. The lowest BCUT2D eigenvalue weighted by Gasteiger charge is -2.37. The van der Waals surface area contributed by atoms with Crippen molar-refractivity contribution in [3.05, 3.63) is 84.4 Å². The summed E-state index contributed by atoms with van der Waals surface area (Å²) in [5.74, 6) is 0.568. The van der Waals surface area contributed by atoms with Crippen LogP contribution < -0.4 is 20.1 Å². The standard InChI is InChI=1S/C24H32N6O2S.C18H27N5O2S/c1-3-26-23(28-33(31,32)22-11-9-21(25-2)10-12-22)30-19-24(18-27-30)13-15-29(16-14-24)17-20-7-5-4-6-8-20;1-3-20-17(23-14-18(13-21-23)11-5-4-6-12-18)22-26(24,25)16-9-7-15(19-2)8-10-16/h4-12,18,25H,3,13-17,19H2,1-2H3,(H,26,28);7-10,13,19H,3-6,11-12,14H2,1-2H3,(H,20,22). The summed E-state index contributed by atoms with van der Waals surface area (Å²) >= 11 is 0. The first-order valence-electron chi connectivity index (χ1n) is 20.5. The number of nitrogens with zero attached hydrogens (tertiary/aromatic N) is 7. The average Bonchev–Trinajstić information content (AvgIpc) is 3.86. The minimum absolute atomic E-state index is 0.0540. The molecule has 0 amide bonds. The largest absolute Gasteiger partial charge is 0.388 e. The number of piperidine rings is 1. The molecule has 0 bridgehead atoms. The third kappa shape index (κ3) is 11.2. The van der Waals surface area contributed by atoms with E-state index in [1.807, 2.05) is 32.3 Å². The SMILES string of the molecule is CCN=C(NS(=O)(=O)c1ccc(NC)cc1)N1CC2(C=N1)CCCCC2.CCN=C(NS(=O)(=O)c1ccc(NC)cc1)N1CC2(C=N1)CCN(Cc1ccccc1)CC2. The smallest absolute Gasteiger partial charge is 0.264 e. The lowest BCUT2D eigenvalue weighted by molar-refractivity contribution is 0.141. The Morgan fingerprint density at radius 3 is 1.49 bits per heavy atom. The van der Waals surface area contributed by atoms with Gasteiger partial charge in [-0.1, -0.05) is 49.6 Å². The van der Waals surface area contributed by atoms with Gasteiger partial charge in [0.15, 0.2) is 0 Å². The van der Waals surface area contributed by atoms with Crippen molar-refractivity contribution >= 4 is 55.8 Å². The molecule has 15 nitrogen and oxygen atoms in total. The van der Waals surface area contributed by atoms with Crippen molar-refractivity contribution in [2.45, 2.75) is 75.1 Å². The Morgan fingerprint density at radius 1 is 0.627 bits per heavy atom. The summed E-state index contributed by atoms with van der Waals surface area (Å²) in [6.07, 6.45) is 11.8. The van der Waals surface area contributed by atoms with Crippen LogP contribution in [0.1, 0.15) is 64.4 Å². The molecule has 3 aliphatic heterocycles. The summed E-state index contributed by atoms with van der Waals surface area (Å²) in [4.78, 5) is 11.6. The van der Waals surface area contributed by atoms with E-state index in [4.69, 9.17) is 0 Å². The molecule has 2 fully saturated rings. The van der Waals surface area contributed by atoms with Crippen LogP contribution >= 0.6 is 0 Å². The lowest BCUT2D eigenvalue weighted by atomic mass is 9.75. The fraction of sp³-hybridized carbons (Fsp3) is 0.476. The van der Waals surface area contributed by atoms with Gasteiger partial charge >= 0.3 is 0 Å². The van der Waals surface area contributed by atoms with Crippen LogP contribution in [0.15, 0.2) is 109 Å². The molecule has 3 aromatic carbocycles. The second-order valence-electron chi connectivity index (χ2n) is 15.5. The van der Waals surface area contributed by atoms with Gasteiger partial charge in [0, 0.05) is 68.4 Å². The van der Waals surface area contributed by atoms with Crippen LogP contribution in [0.3, 0.4) is 0 Å².